The lowest BCUT2D eigenvalue weighted by molar-refractivity contribution is -0.129. The number of anilines is 1. The van der Waals surface area contributed by atoms with Crippen LogP contribution in [0.4, 0.5) is 5.95 Å². The standard InChI is InChI=1S/C12H16N4O/c1-8(11(17)16(2)3)13-12-14-9-6-4-5-7-10(9)15-12/h4-8H,1-3H3,(H2,13,14,15). The van der Waals surface area contributed by atoms with Crippen molar-refractivity contribution in [2.75, 3.05) is 19.4 Å². The van der Waals surface area contributed by atoms with Gasteiger partial charge in [0.25, 0.3) is 0 Å². The molecule has 1 unspecified atom stereocenters. The van der Waals surface area contributed by atoms with Crippen LogP contribution in [-0.4, -0.2) is 40.9 Å². The number of aromatic amines is 1. The minimum atomic E-state index is -0.300. The number of imidazole rings is 1. The maximum atomic E-state index is 11.7. The van der Waals surface area contributed by atoms with Crippen molar-refractivity contribution in [3.63, 3.8) is 0 Å². The highest BCUT2D eigenvalue weighted by Crippen LogP contribution is 2.14. The molecule has 2 rings (SSSR count). The number of fused-ring (bicyclic) bond motifs is 1. The van der Waals surface area contributed by atoms with Crippen molar-refractivity contribution in [3.05, 3.63) is 24.3 Å². The number of nitrogens with zero attached hydrogens (tertiary/aromatic N) is 2. The van der Waals surface area contributed by atoms with Crippen molar-refractivity contribution in [3.8, 4) is 0 Å². The number of H-pyrrole nitrogens is 1. The molecule has 1 aromatic heterocycles. The highest BCUT2D eigenvalue weighted by molar-refractivity contribution is 5.84. The van der Waals surface area contributed by atoms with Gasteiger partial charge in [-0.15, -0.1) is 0 Å². The molecule has 0 saturated carbocycles. The van der Waals surface area contributed by atoms with E-state index in [0.29, 0.717) is 5.95 Å². The van der Waals surface area contributed by atoms with E-state index in [1.54, 1.807) is 19.0 Å². The molecule has 1 heterocycles. The first-order chi connectivity index (χ1) is 8.08. The second-order valence-corrected chi connectivity index (χ2v) is 4.20. The monoisotopic (exact) mass is 232 g/mol. The average Bonchev–Trinajstić information content (AvgIpc) is 2.69. The number of hydrogen-bond donors (Lipinski definition) is 2. The van der Waals surface area contributed by atoms with Crippen LogP contribution in [0.5, 0.6) is 0 Å². The maximum absolute atomic E-state index is 11.7. The first-order valence-corrected chi connectivity index (χ1v) is 5.50. The second kappa shape index (κ2) is 4.45. The van der Waals surface area contributed by atoms with Crippen LogP contribution in [-0.2, 0) is 4.79 Å². The van der Waals surface area contributed by atoms with Gasteiger partial charge < -0.3 is 15.2 Å². The molecule has 5 nitrogen and oxygen atoms in total. The van der Waals surface area contributed by atoms with Gasteiger partial charge in [0.1, 0.15) is 6.04 Å². The van der Waals surface area contributed by atoms with Crippen molar-refractivity contribution < 1.29 is 4.79 Å². The summed E-state index contributed by atoms with van der Waals surface area (Å²) in [5.74, 6) is 0.638. The first-order valence-electron chi connectivity index (χ1n) is 5.50. The summed E-state index contributed by atoms with van der Waals surface area (Å²) in [5, 5.41) is 3.05. The molecule has 5 heteroatoms. The summed E-state index contributed by atoms with van der Waals surface area (Å²) in [6, 6.07) is 7.45. The van der Waals surface area contributed by atoms with E-state index in [2.05, 4.69) is 15.3 Å². The Kier molecular flexibility index (Phi) is 2.99. The smallest absolute Gasteiger partial charge is 0.244 e. The molecular formula is C12H16N4O. The molecule has 90 valence electrons. The average molecular weight is 232 g/mol. The highest BCUT2D eigenvalue weighted by atomic mass is 16.2. The third-order valence-corrected chi connectivity index (χ3v) is 2.55. The summed E-state index contributed by atoms with van der Waals surface area (Å²) in [5.41, 5.74) is 1.85. The van der Waals surface area contributed by atoms with E-state index in [1.165, 1.54) is 0 Å². The van der Waals surface area contributed by atoms with E-state index in [0.717, 1.165) is 11.0 Å². The van der Waals surface area contributed by atoms with Crippen molar-refractivity contribution >= 4 is 22.9 Å². The van der Waals surface area contributed by atoms with Crippen LogP contribution < -0.4 is 5.32 Å². The van der Waals surface area contributed by atoms with Gasteiger partial charge in [-0.3, -0.25) is 4.79 Å². The molecule has 2 aromatic rings. The van der Waals surface area contributed by atoms with Crippen molar-refractivity contribution in [2.24, 2.45) is 0 Å². The SMILES string of the molecule is CC(Nc1nc2ccccc2[nH]1)C(=O)N(C)C. The lowest BCUT2D eigenvalue weighted by atomic mass is 10.3. The largest absolute Gasteiger partial charge is 0.347 e. The zero-order valence-corrected chi connectivity index (χ0v) is 10.2. The Labute approximate surface area is 99.8 Å². The summed E-state index contributed by atoms with van der Waals surface area (Å²) in [4.78, 5) is 20.7. The molecule has 0 fully saturated rings. The Hall–Kier alpha value is -2.04. The lowest BCUT2D eigenvalue weighted by Gasteiger charge is -2.17. The molecule has 0 saturated heterocycles. The number of carbonyl (C=O) groups excluding carboxylic acids is 1. The van der Waals surface area contributed by atoms with Crippen LogP contribution >= 0.6 is 0 Å². The topological polar surface area (TPSA) is 61.0 Å². The van der Waals surface area contributed by atoms with Crippen LogP contribution in [0.1, 0.15) is 6.92 Å². The minimum absolute atomic E-state index is 0.0189. The Morgan fingerprint density at radius 3 is 2.76 bits per heavy atom. The fraction of sp³-hybridized carbons (Fsp3) is 0.333. The highest BCUT2D eigenvalue weighted by Gasteiger charge is 2.15. The van der Waals surface area contributed by atoms with Crippen molar-refractivity contribution in [1.29, 1.82) is 0 Å². The summed E-state index contributed by atoms with van der Waals surface area (Å²) >= 11 is 0. The van der Waals surface area contributed by atoms with E-state index in [4.69, 9.17) is 0 Å². The molecule has 0 aliphatic heterocycles. The number of amides is 1. The molecule has 0 bridgehead atoms. The second-order valence-electron chi connectivity index (χ2n) is 4.20. The number of para-hydroxylation sites is 2. The molecule has 1 atom stereocenters. The Bertz CT molecular complexity index is 499. The van der Waals surface area contributed by atoms with Gasteiger partial charge in [-0.1, -0.05) is 12.1 Å². The summed E-state index contributed by atoms with van der Waals surface area (Å²) in [6.07, 6.45) is 0. The molecule has 1 aromatic carbocycles. The molecule has 1 amide bonds. The Morgan fingerprint density at radius 1 is 1.41 bits per heavy atom. The van der Waals surface area contributed by atoms with E-state index in [1.807, 2.05) is 31.2 Å². The van der Waals surface area contributed by atoms with Gasteiger partial charge in [-0.25, -0.2) is 4.98 Å². The quantitative estimate of drug-likeness (QED) is 0.842. The number of benzene rings is 1. The van der Waals surface area contributed by atoms with Gasteiger partial charge in [0.15, 0.2) is 0 Å². The van der Waals surface area contributed by atoms with Crippen LogP contribution in [0, 0.1) is 0 Å². The Balaban J connectivity index is 2.16. The summed E-state index contributed by atoms with van der Waals surface area (Å²) in [7, 11) is 3.47. The van der Waals surface area contributed by atoms with Gasteiger partial charge >= 0.3 is 0 Å². The molecule has 0 spiro atoms. The summed E-state index contributed by atoms with van der Waals surface area (Å²) < 4.78 is 0. The van der Waals surface area contributed by atoms with Crippen LogP contribution in [0.3, 0.4) is 0 Å². The zero-order chi connectivity index (χ0) is 12.4. The fourth-order valence-corrected chi connectivity index (χ4v) is 1.68. The molecule has 0 aliphatic rings. The van der Waals surface area contributed by atoms with Gasteiger partial charge in [0.05, 0.1) is 11.0 Å². The molecular weight excluding hydrogens is 216 g/mol. The number of likely N-dealkylation sites (N-methyl/N-ethyl adjacent to an activating group) is 1. The number of aromatic nitrogens is 2. The van der Waals surface area contributed by atoms with Crippen LogP contribution in [0.15, 0.2) is 24.3 Å². The van der Waals surface area contributed by atoms with Gasteiger partial charge in [0.2, 0.25) is 11.9 Å². The van der Waals surface area contributed by atoms with Crippen LogP contribution in [0.2, 0.25) is 0 Å². The van der Waals surface area contributed by atoms with E-state index >= 15 is 0 Å². The van der Waals surface area contributed by atoms with Crippen LogP contribution in [0.25, 0.3) is 11.0 Å². The molecule has 17 heavy (non-hydrogen) atoms. The van der Waals surface area contributed by atoms with Gasteiger partial charge in [-0.2, -0.15) is 0 Å². The van der Waals surface area contributed by atoms with E-state index in [-0.39, 0.29) is 11.9 Å². The summed E-state index contributed by atoms with van der Waals surface area (Å²) in [6.45, 7) is 1.82. The maximum Gasteiger partial charge on any atom is 0.244 e. The fourth-order valence-electron chi connectivity index (χ4n) is 1.68. The minimum Gasteiger partial charge on any atom is -0.347 e. The predicted molar refractivity (Wildman–Crippen MR) is 67.9 cm³/mol. The van der Waals surface area contributed by atoms with Crippen molar-refractivity contribution in [1.82, 2.24) is 14.9 Å². The number of hydrogen-bond acceptors (Lipinski definition) is 3. The Morgan fingerprint density at radius 2 is 2.12 bits per heavy atom. The van der Waals surface area contributed by atoms with Crippen molar-refractivity contribution in [2.45, 2.75) is 13.0 Å². The van der Waals surface area contributed by atoms with Gasteiger partial charge in [0, 0.05) is 14.1 Å². The molecule has 2 N–H and O–H groups in total. The number of rotatable bonds is 3. The van der Waals surface area contributed by atoms with E-state index < -0.39 is 0 Å². The third kappa shape index (κ3) is 2.38. The molecule has 0 aliphatic carbocycles. The number of carbonyl (C=O) groups is 1. The molecule has 0 radical (unpaired) electrons. The van der Waals surface area contributed by atoms with E-state index in [9.17, 15) is 4.79 Å². The van der Waals surface area contributed by atoms with Gasteiger partial charge in [-0.05, 0) is 19.1 Å². The number of nitrogens with one attached hydrogen (secondary N) is 2. The predicted octanol–water partition coefficient (Wildman–Crippen LogP) is 1.45. The third-order valence-electron chi connectivity index (χ3n) is 2.55. The lowest BCUT2D eigenvalue weighted by Crippen LogP contribution is -2.36. The zero-order valence-electron chi connectivity index (χ0n) is 10.2. The normalized spacial score (nSPS) is 12.4. The first kappa shape index (κ1) is 11.4.